The zero-order chi connectivity index (χ0) is 7.84. The van der Waals surface area contributed by atoms with Crippen LogP contribution < -0.4 is 5.32 Å². The fraction of sp³-hybridized carbons (Fsp3) is 0.571. The van der Waals surface area contributed by atoms with Crippen LogP contribution in [-0.4, -0.2) is 29.3 Å². The van der Waals surface area contributed by atoms with Gasteiger partial charge in [-0.15, -0.1) is 0 Å². The van der Waals surface area contributed by atoms with Gasteiger partial charge >= 0.3 is 0 Å². The van der Waals surface area contributed by atoms with Gasteiger partial charge in [-0.1, -0.05) is 0 Å². The SMILES string of the molecule is O=C1N[CH]C(=O)N2CCCC12. The summed E-state index contributed by atoms with van der Waals surface area (Å²) in [5, 5.41) is 2.45. The van der Waals surface area contributed by atoms with Crippen LogP contribution in [-0.2, 0) is 9.59 Å². The molecule has 0 bridgehead atoms. The second-order valence-corrected chi connectivity index (χ2v) is 2.84. The van der Waals surface area contributed by atoms with Crippen LogP contribution in [0.1, 0.15) is 12.8 Å². The number of hydrogen-bond acceptors (Lipinski definition) is 2. The Labute approximate surface area is 64.5 Å². The van der Waals surface area contributed by atoms with Crippen LogP contribution in [0.3, 0.4) is 0 Å². The molecule has 2 saturated heterocycles. The van der Waals surface area contributed by atoms with E-state index in [9.17, 15) is 9.59 Å². The van der Waals surface area contributed by atoms with Crippen LogP contribution in [0.25, 0.3) is 0 Å². The van der Waals surface area contributed by atoms with Crippen LogP contribution in [0.4, 0.5) is 0 Å². The van der Waals surface area contributed by atoms with E-state index in [1.54, 1.807) is 4.90 Å². The van der Waals surface area contributed by atoms with Gasteiger partial charge in [-0.05, 0) is 12.8 Å². The van der Waals surface area contributed by atoms with Gasteiger partial charge in [0, 0.05) is 6.54 Å². The van der Waals surface area contributed by atoms with E-state index in [-0.39, 0.29) is 17.9 Å². The lowest BCUT2D eigenvalue weighted by atomic mass is 10.2. The molecule has 4 nitrogen and oxygen atoms in total. The van der Waals surface area contributed by atoms with Crippen LogP contribution in [0, 0.1) is 6.54 Å². The van der Waals surface area contributed by atoms with Gasteiger partial charge in [-0.3, -0.25) is 9.59 Å². The van der Waals surface area contributed by atoms with E-state index in [2.05, 4.69) is 5.32 Å². The predicted molar refractivity (Wildman–Crippen MR) is 37.2 cm³/mol. The molecule has 1 unspecified atom stereocenters. The largest absolute Gasteiger partial charge is 0.340 e. The Bertz CT molecular complexity index is 192. The molecule has 0 aromatic carbocycles. The van der Waals surface area contributed by atoms with Gasteiger partial charge in [0.05, 0.1) is 0 Å². The Morgan fingerprint density at radius 1 is 1.55 bits per heavy atom. The first-order chi connectivity index (χ1) is 5.29. The third-order valence-corrected chi connectivity index (χ3v) is 2.18. The van der Waals surface area contributed by atoms with Crippen molar-refractivity contribution in [2.24, 2.45) is 0 Å². The van der Waals surface area contributed by atoms with E-state index < -0.39 is 0 Å². The summed E-state index contributed by atoms with van der Waals surface area (Å²) in [6, 6.07) is -0.188. The average molecular weight is 153 g/mol. The summed E-state index contributed by atoms with van der Waals surface area (Å²) in [6.45, 7) is 1.97. The van der Waals surface area contributed by atoms with Crippen molar-refractivity contribution in [2.45, 2.75) is 18.9 Å². The van der Waals surface area contributed by atoms with E-state index in [4.69, 9.17) is 0 Å². The number of amides is 2. The third-order valence-electron chi connectivity index (χ3n) is 2.18. The van der Waals surface area contributed by atoms with Gasteiger partial charge in [0.15, 0.2) is 0 Å². The molecule has 2 aliphatic rings. The lowest BCUT2D eigenvalue weighted by Crippen LogP contribution is -2.52. The fourth-order valence-electron chi connectivity index (χ4n) is 1.62. The Morgan fingerprint density at radius 3 is 3.09 bits per heavy atom. The number of carbonyl (C=O) groups is 2. The first kappa shape index (κ1) is 6.64. The highest BCUT2D eigenvalue weighted by Gasteiger charge is 2.37. The quantitative estimate of drug-likeness (QED) is 0.498. The second-order valence-electron chi connectivity index (χ2n) is 2.84. The molecule has 0 saturated carbocycles. The van der Waals surface area contributed by atoms with Crippen molar-refractivity contribution in [3.63, 3.8) is 0 Å². The van der Waals surface area contributed by atoms with Crippen molar-refractivity contribution in [1.29, 1.82) is 0 Å². The van der Waals surface area contributed by atoms with Gasteiger partial charge in [0.25, 0.3) is 0 Å². The predicted octanol–water partition coefficient (Wildman–Crippen LogP) is -0.731. The van der Waals surface area contributed by atoms with E-state index in [0.29, 0.717) is 0 Å². The summed E-state index contributed by atoms with van der Waals surface area (Å²) in [5.41, 5.74) is 0. The molecule has 0 aromatic heterocycles. The highest BCUT2D eigenvalue weighted by Crippen LogP contribution is 2.20. The molecule has 1 N–H and O–H groups in total. The lowest BCUT2D eigenvalue weighted by Gasteiger charge is -2.28. The first-order valence-corrected chi connectivity index (χ1v) is 3.73. The van der Waals surface area contributed by atoms with Crippen LogP contribution in [0.15, 0.2) is 0 Å². The number of fused-ring (bicyclic) bond motifs is 1. The summed E-state index contributed by atoms with van der Waals surface area (Å²) < 4.78 is 0. The molecule has 0 aromatic rings. The zero-order valence-electron chi connectivity index (χ0n) is 6.04. The molecule has 0 spiro atoms. The first-order valence-electron chi connectivity index (χ1n) is 3.73. The van der Waals surface area contributed by atoms with Crippen LogP contribution in [0.5, 0.6) is 0 Å². The number of carbonyl (C=O) groups excluding carboxylic acids is 2. The summed E-state index contributed by atoms with van der Waals surface area (Å²) in [5.74, 6) is -0.103. The van der Waals surface area contributed by atoms with E-state index in [1.165, 1.54) is 6.54 Å². The normalized spacial score (nSPS) is 30.2. The zero-order valence-corrected chi connectivity index (χ0v) is 6.04. The number of hydrogen-bond donors (Lipinski definition) is 1. The summed E-state index contributed by atoms with van der Waals surface area (Å²) in [7, 11) is 0. The fourth-order valence-corrected chi connectivity index (χ4v) is 1.62. The van der Waals surface area contributed by atoms with Gasteiger partial charge in [-0.25, -0.2) is 0 Å². The van der Waals surface area contributed by atoms with Crippen molar-refractivity contribution in [2.75, 3.05) is 6.54 Å². The topological polar surface area (TPSA) is 49.4 Å². The second kappa shape index (κ2) is 2.22. The lowest BCUT2D eigenvalue weighted by molar-refractivity contribution is -0.140. The van der Waals surface area contributed by atoms with Gasteiger partial charge in [-0.2, -0.15) is 0 Å². The molecule has 4 heteroatoms. The van der Waals surface area contributed by atoms with Crippen molar-refractivity contribution < 1.29 is 9.59 Å². The molecule has 1 atom stereocenters. The minimum atomic E-state index is -0.188. The molecule has 2 amide bonds. The minimum Gasteiger partial charge on any atom is -0.340 e. The highest BCUT2D eigenvalue weighted by molar-refractivity contribution is 5.98. The smallest absolute Gasteiger partial charge is 0.248 e. The molecule has 0 aliphatic carbocycles. The molecule has 59 valence electrons. The maximum absolute atomic E-state index is 11.1. The average Bonchev–Trinajstić information content (AvgIpc) is 2.45. The van der Waals surface area contributed by atoms with Gasteiger partial charge < -0.3 is 10.2 Å². The maximum Gasteiger partial charge on any atom is 0.248 e. The van der Waals surface area contributed by atoms with Crippen molar-refractivity contribution in [1.82, 2.24) is 10.2 Å². The van der Waals surface area contributed by atoms with Gasteiger partial charge in [0.2, 0.25) is 11.8 Å². The van der Waals surface area contributed by atoms with Crippen molar-refractivity contribution in [3.05, 3.63) is 6.54 Å². The monoisotopic (exact) mass is 153 g/mol. The van der Waals surface area contributed by atoms with Crippen molar-refractivity contribution >= 4 is 11.8 Å². The molecule has 11 heavy (non-hydrogen) atoms. The minimum absolute atomic E-state index is 0.0397. The molecule has 2 aliphatic heterocycles. The number of nitrogens with zero attached hydrogens (tertiary/aromatic N) is 1. The standard InChI is InChI=1S/C7H9N2O2/c10-6-4-8-7(11)5-2-1-3-9(5)6/h4-5H,1-3H2,(H,8,11). The molecule has 2 heterocycles. The van der Waals surface area contributed by atoms with E-state index in [1.807, 2.05) is 0 Å². The summed E-state index contributed by atoms with van der Waals surface area (Å²) >= 11 is 0. The Kier molecular flexibility index (Phi) is 1.34. The van der Waals surface area contributed by atoms with E-state index in [0.717, 1.165) is 19.4 Å². The summed E-state index contributed by atoms with van der Waals surface area (Å²) in [4.78, 5) is 23.8. The molecule has 2 fully saturated rings. The highest BCUT2D eigenvalue weighted by atomic mass is 16.2. The number of piperazine rings is 1. The summed E-state index contributed by atoms with van der Waals surface area (Å²) in [6.07, 6.45) is 1.75. The third kappa shape index (κ3) is 0.895. The van der Waals surface area contributed by atoms with Gasteiger partial charge in [0.1, 0.15) is 12.6 Å². The Balaban J connectivity index is 2.20. The Hall–Kier alpha value is -1.06. The molecular formula is C7H9N2O2. The molecule has 2 rings (SSSR count). The Morgan fingerprint density at radius 2 is 2.36 bits per heavy atom. The molecule has 1 radical (unpaired) electrons. The van der Waals surface area contributed by atoms with Crippen LogP contribution >= 0.6 is 0 Å². The number of rotatable bonds is 0. The molecular weight excluding hydrogens is 144 g/mol. The van der Waals surface area contributed by atoms with Crippen molar-refractivity contribution in [3.8, 4) is 0 Å². The van der Waals surface area contributed by atoms with Crippen LogP contribution in [0.2, 0.25) is 0 Å². The maximum atomic E-state index is 11.1. The number of nitrogens with one attached hydrogen (secondary N) is 1. The van der Waals surface area contributed by atoms with E-state index >= 15 is 0 Å².